The van der Waals surface area contributed by atoms with Crippen molar-refractivity contribution in [2.75, 3.05) is 4.90 Å². The Morgan fingerprint density at radius 2 is 1.81 bits per heavy atom. The highest BCUT2D eigenvalue weighted by molar-refractivity contribution is 7.22. The second kappa shape index (κ2) is 8.29. The third-order valence-electron chi connectivity index (χ3n) is 6.31. The molecular weight excluding hydrogens is 496 g/mol. The van der Waals surface area contributed by atoms with Crippen molar-refractivity contribution in [1.82, 2.24) is 14.4 Å². The average Bonchev–Trinajstić information content (AvgIpc) is 3.50. The van der Waals surface area contributed by atoms with Gasteiger partial charge in [0, 0.05) is 11.2 Å². The van der Waals surface area contributed by atoms with Crippen molar-refractivity contribution in [2.45, 2.75) is 19.9 Å². The van der Waals surface area contributed by atoms with Crippen molar-refractivity contribution in [3.63, 3.8) is 0 Å². The first-order valence-corrected chi connectivity index (χ1v) is 12.4. The lowest BCUT2D eigenvalue weighted by molar-refractivity contribution is -0.132. The zero-order chi connectivity index (χ0) is 25.1. The van der Waals surface area contributed by atoms with E-state index in [4.69, 9.17) is 11.6 Å². The number of rotatable bonds is 3. The minimum Gasteiger partial charge on any atom is -0.505 e. The maximum absolute atomic E-state index is 13.5. The number of aromatic nitrogens is 3. The number of pyridine rings is 1. The van der Waals surface area contributed by atoms with Crippen LogP contribution in [0.5, 0.6) is 0 Å². The monoisotopic (exact) mass is 514 g/mol. The molecule has 0 radical (unpaired) electrons. The van der Waals surface area contributed by atoms with E-state index < -0.39 is 17.7 Å². The van der Waals surface area contributed by atoms with E-state index in [1.807, 2.05) is 49.4 Å². The number of benzene rings is 2. The number of aliphatic hydroxyl groups is 1. The predicted octanol–water partition coefficient (Wildman–Crippen LogP) is 5.84. The Hall–Kier alpha value is -4.01. The molecule has 1 unspecified atom stereocenters. The summed E-state index contributed by atoms with van der Waals surface area (Å²) in [6.45, 7) is 3.72. The highest BCUT2D eigenvalue weighted by Crippen LogP contribution is 2.44. The van der Waals surface area contributed by atoms with Crippen molar-refractivity contribution in [1.29, 1.82) is 0 Å². The zero-order valence-electron chi connectivity index (χ0n) is 19.3. The Morgan fingerprint density at radius 3 is 2.58 bits per heavy atom. The molecule has 1 saturated heterocycles. The molecule has 3 aromatic heterocycles. The van der Waals surface area contributed by atoms with Crippen molar-refractivity contribution in [3.8, 4) is 0 Å². The number of carbonyl (C=O) groups is 2. The summed E-state index contributed by atoms with van der Waals surface area (Å²) in [4.78, 5) is 37.5. The van der Waals surface area contributed by atoms with E-state index >= 15 is 0 Å². The number of halogens is 1. The van der Waals surface area contributed by atoms with E-state index in [1.165, 1.54) is 16.2 Å². The maximum atomic E-state index is 13.5. The molecule has 4 heterocycles. The summed E-state index contributed by atoms with van der Waals surface area (Å²) in [7, 11) is 0. The minimum atomic E-state index is -0.865. The molecule has 5 aromatic rings. The average molecular weight is 515 g/mol. The van der Waals surface area contributed by atoms with Crippen molar-refractivity contribution < 1.29 is 14.7 Å². The van der Waals surface area contributed by atoms with Gasteiger partial charge in [-0.3, -0.25) is 18.9 Å². The van der Waals surface area contributed by atoms with Gasteiger partial charge in [-0.15, -0.1) is 0 Å². The third kappa shape index (κ3) is 3.41. The Kier molecular flexibility index (Phi) is 5.17. The van der Waals surface area contributed by atoms with Gasteiger partial charge in [-0.1, -0.05) is 58.8 Å². The van der Waals surface area contributed by atoms with Crippen molar-refractivity contribution in [3.05, 3.63) is 100.0 Å². The molecule has 0 bridgehead atoms. The quantitative estimate of drug-likeness (QED) is 0.186. The molecule has 1 N–H and O–H groups in total. The van der Waals surface area contributed by atoms with Crippen LogP contribution >= 0.6 is 22.9 Å². The Labute approximate surface area is 214 Å². The molecule has 1 fully saturated rings. The van der Waals surface area contributed by atoms with Gasteiger partial charge < -0.3 is 5.11 Å². The van der Waals surface area contributed by atoms with Crippen LogP contribution in [0.3, 0.4) is 0 Å². The smallest absolute Gasteiger partial charge is 0.301 e. The summed E-state index contributed by atoms with van der Waals surface area (Å²) in [5, 5.41) is 12.5. The topological polar surface area (TPSA) is 87.8 Å². The largest absolute Gasteiger partial charge is 0.505 e. The molecule has 1 aliphatic rings. The summed E-state index contributed by atoms with van der Waals surface area (Å²) in [6.07, 6.45) is 1.76. The van der Waals surface area contributed by atoms with Gasteiger partial charge in [0.2, 0.25) is 0 Å². The summed E-state index contributed by atoms with van der Waals surface area (Å²) < 4.78 is 2.50. The number of Topliss-reactive ketones (excluding diaryl/α,β-unsaturated/α-hetero) is 1. The van der Waals surface area contributed by atoms with Crippen LogP contribution in [0.1, 0.15) is 28.6 Å². The summed E-state index contributed by atoms with van der Waals surface area (Å²) >= 11 is 7.43. The van der Waals surface area contributed by atoms with E-state index in [9.17, 15) is 14.7 Å². The highest BCUT2D eigenvalue weighted by Gasteiger charge is 2.48. The van der Waals surface area contributed by atoms with Gasteiger partial charge in [-0.25, -0.2) is 9.97 Å². The first-order valence-electron chi connectivity index (χ1n) is 11.2. The molecule has 1 amide bonds. The number of thiazole rings is 1. The number of amides is 1. The minimum absolute atomic E-state index is 0.00473. The molecule has 6 rings (SSSR count). The summed E-state index contributed by atoms with van der Waals surface area (Å²) in [5.41, 5.74) is 3.92. The van der Waals surface area contributed by atoms with Crippen LogP contribution < -0.4 is 4.90 Å². The first-order chi connectivity index (χ1) is 17.3. The van der Waals surface area contributed by atoms with Crippen LogP contribution in [0.4, 0.5) is 5.13 Å². The Balaban J connectivity index is 1.61. The number of hydrogen-bond acceptors (Lipinski definition) is 6. The predicted molar refractivity (Wildman–Crippen MR) is 141 cm³/mol. The molecule has 1 aliphatic heterocycles. The highest BCUT2D eigenvalue weighted by atomic mass is 35.5. The first kappa shape index (κ1) is 22.5. The van der Waals surface area contributed by atoms with Gasteiger partial charge in [-0.2, -0.15) is 0 Å². The van der Waals surface area contributed by atoms with Crippen LogP contribution in [-0.4, -0.2) is 31.2 Å². The van der Waals surface area contributed by atoms with E-state index in [1.54, 1.807) is 35.7 Å². The standard InChI is InChI=1S/C27H19ClN4O3S/c1-14-6-8-16(9-7-14)23-21(24(33)22-15(2)29-20-5-3-4-12-31(20)22)25(34)26(35)32(23)27-30-18-11-10-17(28)13-19(18)36-27/h3-13,23,33H,1-2H3/b24-21+. The molecular formula is C27H19ClN4O3S. The number of fused-ring (bicyclic) bond motifs is 2. The fraction of sp³-hybridized carbons (Fsp3) is 0.111. The van der Waals surface area contributed by atoms with Gasteiger partial charge in [0.1, 0.15) is 11.3 Å². The van der Waals surface area contributed by atoms with Gasteiger partial charge in [0.05, 0.1) is 27.5 Å². The molecule has 1 atom stereocenters. The normalized spacial score (nSPS) is 17.5. The molecule has 9 heteroatoms. The lowest BCUT2D eigenvalue weighted by Gasteiger charge is -2.23. The van der Waals surface area contributed by atoms with Gasteiger partial charge >= 0.3 is 5.91 Å². The molecule has 7 nitrogen and oxygen atoms in total. The fourth-order valence-electron chi connectivity index (χ4n) is 4.61. The van der Waals surface area contributed by atoms with Crippen molar-refractivity contribution in [2.24, 2.45) is 0 Å². The molecule has 178 valence electrons. The number of nitrogens with zero attached hydrogens (tertiary/aromatic N) is 4. The number of imidazole rings is 1. The number of ketones is 1. The SMILES string of the molecule is Cc1ccc(C2/C(=C(\O)c3c(C)nc4ccccn34)C(=O)C(=O)N2c2nc3ccc(Cl)cc3s2)cc1. The van der Waals surface area contributed by atoms with Crippen LogP contribution in [0, 0.1) is 13.8 Å². The second-order valence-electron chi connectivity index (χ2n) is 8.66. The van der Waals surface area contributed by atoms with E-state index in [0.717, 1.165) is 10.3 Å². The van der Waals surface area contributed by atoms with E-state index in [-0.39, 0.29) is 11.3 Å². The number of hydrogen-bond donors (Lipinski definition) is 1. The summed E-state index contributed by atoms with van der Waals surface area (Å²) in [6, 6.07) is 17.4. The van der Waals surface area contributed by atoms with Crippen LogP contribution in [0.2, 0.25) is 5.02 Å². The molecule has 2 aromatic carbocycles. The summed E-state index contributed by atoms with van der Waals surface area (Å²) in [5.74, 6) is -1.80. The maximum Gasteiger partial charge on any atom is 0.301 e. The van der Waals surface area contributed by atoms with E-state index in [0.29, 0.717) is 38.3 Å². The molecule has 0 saturated carbocycles. The van der Waals surface area contributed by atoms with Gasteiger partial charge in [0.15, 0.2) is 10.9 Å². The fourth-order valence-corrected chi connectivity index (χ4v) is 5.88. The zero-order valence-corrected chi connectivity index (χ0v) is 20.8. The number of carbonyl (C=O) groups excluding carboxylic acids is 2. The van der Waals surface area contributed by atoms with Crippen LogP contribution in [0.25, 0.3) is 21.6 Å². The van der Waals surface area contributed by atoms with Gasteiger partial charge in [0.25, 0.3) is 5.78 Å². The van der Waals surface area contributed by atoms with Gasteiger partial charge in [-0.05, 0) is 49.7 Å². The lowest BCUT2D eigenvalue weighted by atomic mass is 9.96. The number of anilines is 1. The van der Waals surface area contributed by atoms with Crippen LogP contribution in [0.15, 0.2) is 72.4 Å². The second-order valence-corrected chi connectivity index (χ2v) is 10.1. The number of aliphatic hydroxyl groups excluding tert-OH is 1. The van der Waals surface area contributed by atoms with Crippen LogP contribution in [-0.2, 0) is 9.59 Å². The number of aryl methyl sites for hydroxylation is 2. The third-order valence-corrected chi connectivity index (χ3v) is 7.56. The molecule has 0 aliphatic carbocycles. The Morgan fingerprint density at radius 1 is 1.03 bits per heavy atom. The van der Waals surface area contributed by atoms with Crippen molar-refractivity contribution >= 4 is 61.4 Å². The Bertz CT molecular complexity index is 1740. The molecule has 36 heavy (non-hydrogen) atoms. The molecule has 0 spiro atoms. The van der Waals surface area contributed by atoms with E-state index in [2.05, 4.69) is 9.97 Å². The lowest BCUT2D eigenvalue weighted by Crippen LogP contribution is -2.29.